The molecule has 1 N–H and O–H groups in total. The number of ether oxygens (including phenoxy) is 1. The van der Waals surface area contributed by atoms with Crippen LogP contribution in [0.15, 0.2) is 18.2 Å². The van der Waals surface area contributed by atoms with Crippen LogP contribution in [-0.2, 0) is 9.53 Å². The number of hydrogen-bond acceptors (Lipinski definition) is 4. The minimum atomic E-state index is -0.355. The van der Waals surface area contributed by atoms with E-state index in [0.29, 0.717) is 24.5 Å². The van der Waals surface area contributed by atoms with Crippen LogP contribution >= 0.6 is 0 Å². The minimum Gasteiger partial charge on any atom is -0.374 e. The molecule has 25 heavy (non-hydrogen) atoms. The number of halogens is 1. The van der Waals surface area contributed by atoms with E-state index in [-0.39, 0.29) is 30.0 Å². The van der Waals surface area contributed by atoms with Crippen LogP contribution in [-0.4, -0.2) is 55.2 Å². The molecule has 2 fully saturated rings. The Hall–Kier alpha value is -1.82. The Bertz CT molecular complexity index is 609. The minimum absolute atomic E-state index is 0.0813. The highest BCUT2D eigenvalue weighted by atomic mass is 19.1. The molecule has 1 aromatic carbocycles. The Morgan fingerprint density at radius 1 is 1.24 bits per heavy atom. The molecule has 2 aliphatic heterocycles. The van der Waals surface area contributed by atoms with Crippen molar-refractivity contribution in [3.8, 4) is 0 Å². The molecule has 0 bridgehead atoms. The molecular formula is C19H28FN3O2. The summed E-state index contributed by atoms with van der Waals surface area (Å²) in [7, 11) is 0. The Kier molecular flexibility index (Phi) is 5.47. The molecule has 2 aliphatic rings. The van der Waals surface area contributed by atoms with Crippen molar-refractivity contribution in [2.24, 2.45) is 0 Å². The number of nitrogens with one attached hydrogen (secondary N) is 1. The molecule has 2 saturated heterocycles. The number of carbonyl (C=O) groups excluding carboxylic acids is 1. The topological polar surface area (TPSA) is 44.8 Å². The smallest absolute Gasteiger partial charge is 0.244 e. The Labute approximate surface area is 149 Å². The average molecular weight is 349 g/mol. The summed E-state index contributed by atoms with van der Waals surface area (Å²) in [6.07, 6.45) is 2.30. The molecule has 3 rings (SSSR count). The molecule has 0 saturated carbocycles. The molecule has 1 amide bonds. The second-order valence-electron chi connectivity index (χ2n) is 7.23. The van der Waals surface area contributed by atoms with Gasteiger partial charge in [-0.2, -0.15) is 0 Å². The van der Waals surface area contributed by atoms with Crippen LogP contribution < -0.4 is 10.2 Å². The molecule has 138 valence electrons. The van der Waals surface area contributed by atoms with Gasteiger partial charge in [-0.15, -0.1) is 0 Å². The zero-order valence-corrected chi connectivity index (χ0v) is 15.3. The summed E-state index contributed by atoms with van der Waals surface area (Å²) in [5.74, 6) is -0.190. The molecule has 0 aromatic heterocycles. The van der Waals surface area contributed by atoms with E-state index in [1.807, 2.05) is 36.6 Å². The van der Waals surface area contributed by atoms with E-state index in [4.69, 9.17) is 4.74 Å². The van der Waals surface area contributed by atoms with Crippen molar-refractivity contribution < 1.29 is 13.9 Å². The summed E-state index contributed by atoms with van der Waals surface area (Å²) in [4.78, 5) is 16.3. The van der Waals surface area contributed by atoms with Gasteiger partial charge in [-0.25, -0.2) is 4.39 Å². The van der Waals surface area contributed by atoms with Gasteiger partial charge in [0.2, 0.25) is 5.91 Å². The molecule has 1 aromatic rings. The highest BCUT2D eigenvalue weighted by Gasteiger charge is 2.25. The lowest BCUT2D eigenvalue weighted by atomic mass is 10.1. The molecule has 0 aliphatic carbocycles. The van der Waals surface area contributed by atoms with Gasteiger partial charge in [0, 0.05) is 31.9 Å². The predicted molar refractivity (Wildman–Crippen MR) is 97.5 cm³/mol. The van der Waals surface area contributed by atoms with Crippen molar-refractivity contribution >= 4 is 17.3 Å². The molecule has 3 atom stereocenters. The molecule has 6 heteroatoms. The number of hydrogen-bond donors (Lipinski definition) is 1. The summed E-state index contributed by atoms with van der Waals surface area (Å²) in [6.45, 7) is 8.84. The highest BCUT2D eigenvalue weighted by molar-refractivity contribution is 5.84. The zero-order chi connectivity index (χ0) is 18.0. The maximum absolute atomic E-state index is 14.6. The first-order valence-electron chi connectivity index (χ1n) is 9.19. The fourth-order valence-corrected chi connectivity index (χ4v) is 3.75. The SMILES string of the molecule is C[C@@H]1CN(c2ccc(N[C@@H](C)C(=O)N3CCCC3)cc2F)C[C@@H](C)O1. The monoisotopic (exact) mass is 349 g/mol. The number of rotatable bonds is 4. The van der Waals surface area contributed by atoms with Crippen LogP contribution in [0.25, 0.3) is 0 Å². The van der Waals surface area contributed by atoms with E-state index >= 15 is 0 Å². The first-order chi connectivity index (χ1) is 11.9. The lowest BCUT2D eigenvalue weighted by molar-refractivity contribution is -0.130. The van der Waals surface area contributed by atoms with Crippen LogP contribution in [0.2, 0.25) is 0 Å². The molecule has 0 radical (unpaired) electrons. The Morgan fingerprint density at radius 3 is 2.48 bits per heavy atom. The van der Waals surface area contributed by atoms with Gasteiger partial charge in [0.05, 0.1) is 17.9 Å². The quantitative estimate of drug-likeness (QED) is 0.908. The van der Waals surface area contributed by atoms with Crippen LogP contribution in [0.1, 0.15) is 33.6 Å². The van der Waals surface area contributed by atoms with Crippen molar-refractivity contribution in [3.63, 3.8) is 0 Å². The van der Waals surface area contributed by atoms with E-state index < -0.39 is 0 Å². The normalized spacial score (nSPS) is 25.1. The van der Waals surface area contributed by atoms with Gasteiger partial charge >= 0.3 is 0 Å². The summed E-state index contributed by atoms with van der Waals surface area (Å²) < 4.78 is 20.3. The fourth-order valence-electron chi connectivity index (χ4n) is 3.75. The Morgan fingerprint density at radius 2 is 1.88 bits per heavy atom. The van der Waals surface area contributed by atoms with Crippen LogP contribution in [0, 0.1) is 5.82 Å². The van der Waals surface area contributed by atoms with Crippen molar-refractivity contribution in [3.05, 3.63) is 24.0 Å². The van der Waals surface area contributed by atoms with Gasteiger partial charge in [0.1, 0.15) is 11.9 Å². The number of benzene rings is 1. The first kappa shape index (κ1) is 18.0. The maximum Gasteiger partial charge on any atom is 0.244 e. The standard InChI is InChI=1S/C19H28FN3O2/c1-13-11-23(12-14(2)25-13)18-7-6-16(10-17(18)20)21-15(3)19(24)22-8-4-5-9-22/h6-7,10,13-15,21H,4-5,8-9,11-12H2,1-3H3/t13-,14-,15+/m1/s1. The Balaban J connectivity index is 1.66. The summed E-state index contributed by atoms with van der Waals surface area (Å²) in [5.41, 5.74) is 1.22. The summed E-state index contributed by atoms with van der Waals surface area (Å²) >= 11 is 0. The molecule has 5 nitrogen and oxygen atoms in total. The van der Waals surface area contributed by atoms with Crippen LogP contribution in [0.3, 0.4) is 0 Å². The third-order valence-corrected chi connectivity index (χ3v) is 4.88. The van der Waals surface area contributed by atoms with Gasteiger partial charge in [-0.1, -0.05) is 0 Å². The number of likely N-dealkylation sites (tertiary alicyclic amines) is 1. The lowest BCUT2D eigenvalue weighted by Crippen LogP contribution is -2.45. The van der Waals surface area contributed by atoms with Gasteiger partial charge < -0.3 is 19.9 Å². The largest absolute Gasteiger partial charge is 0.374 e. The van der Waals surface area contributed by atoms with Gasteiger partial charge in [0.15, 0.2) is 0 Å². The highest BCUT2D eigenvalue weighted by Crippen LogP contribution is 2.26. The summed E-state index contributed by atoms with van der Waals surface area (Å²) in [6, 6.07) is 4.76. The predicted octanol–water partition coefficient (Wildman–Crippen LogP) is 2.86. The van der Waals surface area contributed by atoms with Crippen molar-refractivity contribution in [1.29, 1.82) is 0 Å². The molecular weight excluding hydrogens is 321 g/mol. The lowest BCUT2D eigenvalue weighted by Gasteiger charge is -2.37. The molecule has 0 spiro atoms. The maximum atomic E-state index is 14.6. The van der Waals surface area contributed by atoms with Crippen molar-refractivity contribution in [1.82, 2.24) is 4.90 Å². The average Bonchev–Trinajstić information content (AvgIpc) is 3.07. The fraction of sp³-hybridized carbons (Fsp3) is 0.632. The van der Waals surface area contributed by atoms with E-state index in [9.17, 15) is 9.18 Å². The van der Waals surface area contributed by atoms with E-state index in [0.717, 1.165) is 25.9 Å². The third kappa shape index (κ3) is 4.24. The number of amides is 1. The molecule has 2 heterocycles. The van der Waals surface area contributed by atoms with Crippen molar-refractivity contribution in [2.75, 3.05) is 36.4 Å². The van der Waals surface area contributed by atoms with E-state index in [1.165, 1.54) is 6.07 Å². The molecule has 0 unspecified atom stereocenters. The van der Waals surface area contributed by atoms with Crippen LogP contribution in [0.4, 0.5) is 15.8 Å². The van der Waals surface area contributed by atoms with Crippen molar-refractivity contribution in [2.45, 2.75) is 51.9 Å². The summed E-state index contributed by atoms with van der Waals surface area (Å²) in [5, 5.41) is 3.13. The van der Waals surface area contributed by atoms with Gasteiger partial charge in [-0.3, -0.25) is 4.79 Å². The van der Waals surface area contributed by atoms with E-state index in [2.05, 4.69) is 5.32 Å². The third-order valence-electron chi connectivity index (χ3n) is 4.88. The second kappa shape index (κ2) is 7.60. The van der Waals surface area contributed by atoms with Gasteiger partial charge in [0.25, 0.3) is 0 Å². The number of nitrogens with zero attached hydrogens (tertiary/aromatic N) is 2. The van der Waals surface area contributed by atoms with E-state index in [1.54, 1.807) is 6.07 Å². The number of anilines is 2. The van der Waals surface area contributed by atoms with Gasteiger partial charge in [-0.05, 0) is 51.8 Å². The second-order valence-corrected chi connectivity index (χ2v) is 7.23. The zero-order valence-electron chi connectivity index (χ0n) is 15.3. The number of carbonyl (C=O) groups is 1. The first-order valence-corrected chi connectivity index (χ1v) is 9.19. The number of morpholine rings is 1. The van der Waals surface area contributed by atoms with Crippen LogP contribution in [0.5, 0.6) is 0 Å².